The van der Waals surface area contributed by atoms with Gasteiger partial charge in [-0.25, -0.2) is 0 Å². The van der Waals surface area contributed by atoms with Gasteiger partial charge in [0, 0.05) is 16.7 Å². The van der Waals surface area contributed by atoms with E-state index < -0.39 is 0 Å². The monoisotopic (exact) mass is 395 g/mol. The number of fused-ring (bicyclic) bond motifs is 1. The number of nitrogens with zero attached hydrogens (tertiary/aromatic N) is 4. The van der Waals surface area contributed by atoms with E-state index in [-0.39, 0.29) is 5.91 Å². The summed E-state index contributed by atoms with van der Waals surface area (Å²) in [6.45, 7) is 0.298. The molecule has 0 aliphatic carbocycles. The van der Waals surface area contributed by atoms with Crippen molar-refractivity contribution < 1.29 is 4.79 Å². The van der Waals surface area contributed by atoms with Gasteiger partial charge in [0.15, 0.2) is 11.5 Å². The second-order valence-electron chi connectivity index (χ2n) is 5.87. The molecule has 4 rings (SSSR count). The molecule has 8 heteroatoms. The molecule has 136 valence electrons. The third-order valence-corrected chi connectivity index (χ3v) is 5.62. The van der Waals surface area contributed by atoms with Crippen molar-refractivity contribution in [3.8, 4) is 11.3 Å². The molecule has 1 N–H and O–H groups in total. The quantitative estimate of drug-likeness (QED) is 0.519. The highest BCUT2D eigenvalue weighted by molar-refractivity contribution is 7.99. The van der Waals surface area contributed by atoms with E-state index in [1.807, 2.05) is 47.2 Å². The van der Waals surface area contributed by atoms with Crippen molar-refractivity contribution >= 4 is 34.7 Å². The molecule has 0 radical (unpaired) electrons. The number of thiophene rings is 1. The molecule has 0 saturated heterocycles. The number of nitrogens with one attached hydrogen (secondary N) is 1. The summed E-state index contributed by atoms with van der Waals surface area (Å²) in [6, 6.07) is 15.9. The first kappa shape index (κ1) is 17.7. The number of hydrogen-bond acceptors (Lipinski definition) is 6. The molecule has 0 unspecified atom stereocenters. The van der Waals surface area contributed by atoms with Crippen molar-refractivity contribution in [1.29, 1.82) is 0 Å². The summed E-state index contributed by atoms with van der Waals surface area (Å²) in [7, 11) is 0. The lowest BCUT2D eigenvalue weighted by Crippen LogP contribution is -2.26. The maximum atomic E-state index is 12.1. The van der Waals surface area contributed by atoms with Crippen LogP contribution in [-0.4, -0.2) is 31.5 Å². The van der Waals surface area contributed by atoms with Crippen LogP contribution in [-0.2, 0) is 17.1 Å². The lowest BCUT2D eigenvalue weighted by atomic mass is 10.2. The van der Waals surface area contributed by atoms with Gasteiger partial charge in [-0.05, 0) is 29.1 Å². The first-order valence-corrected chi connectivity index (χ1v) is 10.5. The molecule has 0 saturated carbocycles. The highest BCUT2D eigenvalue weighted by atomic mass is 32.2. The van der Waals surface area contributed by atoms with Crippen molar-refractivity contribution in [3.63, 3.8) is 0 Å². The second kappa shape index (κ2) is 8.32. The van der Waals surface area contributed by atoms with E-state index in [2.05, 4.69) is 32.7 Å². The van der Waals surface area contributed by atoms with Crippen LogP contribution in [0.1, 0.15) is 11.4 Å². The van der Waals surface area contributed by atoms with E-state index in [0.29, 0.717) is 23.8 Å². The first-order chi connectivity index (χ1) is 13.3. The average molecular weight is 396 g/mol. The molecule has 0 bridgehead atoms. The van der Waals surface area contributed by atoms with Gasteiger partial charge in [0.1, 0.15) is 0 Å². The molecule has 0 aliphatic rings. The fourth-order valence-electron chi connectivity index (χ4n) is 2.57. The van der Waals surface area contributed by atoms with Crippen LogP contribution in [0, 0.1) is 0 Å². The van der Waals surface area contributed by atoms with Crippen LogP contribution in [0.2, 0.25) is 0 Å². The Hall–Kier alpha value is -2.71. The van der Waals surface area contributed by atoms with Crippen LogP contribution < -0.4 is 5.32 Å². The maximum absolute atomic E-state index is 12.1. The van der Waals surface area contributed by atoms with Crippen LogP contribution in [0.5, 0.6) is 0 Å². The molecule has 27 heavy (non-hydrogen) atoms. The molecule has 0 atom stereocenters. The van der Waals surface area contributed by atoms with E-state index in [0.717, 1.165) is 17.0 Å². The van der Waals surface area contributed by atoms with Gasteiger partial charge < -0.3 is 5.32 Å². The number of benzene rings is 1. The zero-order valence-corrected chi connectivity index (χ0v) is 16.0. The van der Waals surface area contributed by atoms with Gasteiger partial charge in [-0.3, -0.25) is 4.79 Å². The number of hydrogen-bond donors (Lipinski definition) is 1. The summed E-state index contributed by atoms with van der Waals surface area (Å²) in [5.74, 6) is 1.80. The predicted octanol–water partition coefficient (Wildman–Crippen LogP) is 3.40. The maximum Gasteiger partial charge on any atom is 0.230 e. The van der Waals surface area contributed by atoms with Crippen molar-refractivity contribution in [2.75, 3.05) is 5.75 Å². The molecule has 0 fully saturated rings. The van der Waals surface area contributed by atoms with Gasteiger partial charge in [0.2, 0.25) is 5.91 Å². The fraction of sp³-hybridized carbons (Fsp3) is 0.158. The molecule has 0 spiro atoms. The van der Waals surface area contributed by atoms with Crippen LogP contribution in [0.25, 0.3) is 16.9 Å². The van der Waals surface area contributed by atoms with Gasteiger partial charge >= 0.3 is 0 Å². The number of carbonyl (C=O) groups excluding carboxylic acids is 1. The zero-order valence-electron chi connectivity index (χ0n) is 14.4. The minimum Gasteiger partial charge on any atom is -0.348 e. The molecule has 1 amide bonds. The smallest absolute Gasteiger partial charge is 0.230 e. The Morgan fingerprint density at radius 2 is 2.00 bits per heavy atom. The van der Waals surface area contributed by atoms with Gasteiger partial charge in [0.25, 0.3) is 0 Å². The standard InChI is InChI=1S/C19H17N5OS2/c25-19(13-27-11-14-4-2-1-3-5-14)20-10-18-22-21-17-7-6-16(23-24(17)18)15-8-9-26-12-15/h1-9,12H,10-11,13H2,(H,20,25). The molecule has 3 heterocycles. The molecular weight excluding hydrogens is 378 g/mol. The van der Waals surface area contributed by atoms with Crippen LogP contribution >= 0.6 is 23.1 Å². The summed E-state index contributed by atoms with van der Waals surface area (Å²) >= 11 is 3.21. The van der Waals surface area contributed by atoms with E-state index >= 15 is 0 Å². The second-order valence-corrected chi connectivity index (χ2v) is 7.64. The van der Waals surface area contributed by atoms with Gasteiger partial charge in [-0.1, -0.05) is 30.3 Å². The third-order valence-electron chi connectivity index (χ3n) is 3.93. The van der Waals surface area contributed by atoms with Crippen molar-refractivity contribution in [2.45, 2.75) is 12.3 Å². The number of rotatable bonds is 7. The number of amides is 1. The van der Waals surface area contributed by atoms with E-state index in [4.69, 9.17) is 0 Å². The highest BCUT2D eigenvalue weighted by Gasteiger charge is 2.10. The predicted molar refractivity (Wildman–Crippen MR) is 109 cm³/mol. The average Bonchev–Trinajstić information content (AvgIpc) is 3.37. The lowest BCUT2D eigenvalue weighted by Gasteiger charge is -2.05. The number of thioether (sulfide) groups is 1. The van der Waals surface area contributed by atoms with Gasteiger partial charge in [0.05, 0.1) is 18.0 Å². The molecule has 6 nitrogen and oxygen atoms in total. The fourth-order valence-corrected chi connectivity index (χ4v) is 4.04. The van der Waals surface area contributed by atoms with Gasteiger partial charge in [-0.15, -0.1) is 22.0 Å². The summed E-state index contributed by atoms with van der Waals surface area (Å²) in [5.41, 5.74) is 3.79. The molecular formula is C19H17N5OS2. The first-order valence-electron chi connectivity index (χ1n) is 8.42. The molecule has 1 aromatic carbocycles. The number of carbonyl (C=O) groups is 1. The van der Waals surface area contributed by atoms with Crippen molar-refractivity contribution in [3.05, 3.63) is 70.7 Å². The van der Waals surface area contributed by atoms with E-state index in [1.54, 1.807) is 27.6 Å². The summed E-state index contributed by atoms with van der Waals surface area (Å²) in [6.07, 6.45) is 0. The molecule has 3 aromatic heterocycles. The minimum atomic E-state index is -0.0262. The van der Waals surface area contributed by atoms with Crippen LogP contribution in [0.4, 0.5) is 0 Å². The highest BCUT2D eigenvalue weighted by Crippen LogP contribution is 2.20. The third kappa shape index (κ3) is 4.35. The van der Waals surface area contributed by atoms with Crippen LogP contribution in [0.3, 0.4) is 0 Å². The summed E-state index contributed by atoms with van der Waals surface area (Å²) < 4.78 is 1.68. The summed E-state index contributed by atoms with van der Waals surface area (Å²) in [5, 5.41) is 19.8. The Morgan fingerprint density at radius 3 is 2.81 bits per heavy atom. The van der Waals surface area contributed by atoms with E-state index in [1.165, 1.54) is 5.56 Å². The van der Waals surface area contributed by atoms with Gasteiger partial charge in [-0.2, -0.15) is 21.0 Å². The topological polar surface area (TPSA) is 72.2 Å². The molecule has 4 aromatic rings. The Bertz CT molecular complexity index is 1030. The van der Waals surface area contributed by atoms with E-state index in [9.17, 15) is 4.79 Å². The largest absolute Gasteiger partial charge is 0.348 e. The van der Waals surface area contributed by atoms with Crippen LogP contribution in [0.15, 0.2) is 59.3 Å². The Balaban J connectivity index is 1.35. The summed E-state index contributed by atoms with van der Waals surface area (Å²) in [4.78, 5) is 12.1. The number of aromatic nitrogens is 4. The zero-order chi connectivity index (χ0) is 18.5. The molecule has 0 aliphatic heterocycles. The Labute approximate surface area is 164 Å². The van der Waals surface area contributed by atoms with Crippen molar-refractivity contribution in [2.24, 2.45) is 0 Å². The minimum absolute atomic E-state index is 0.0262. The lowest BCUT2D eigenvalue weighted by molar-refractivity contribution is -0.118. The Kier molecular flexibility index (Phi) is 5.45. The SMILES string of the molecule is O=C(CSCc1ccccc1)NCc1nnc2ccc(-c3ccsc3)nn12. The Morgan fingerprint density at radius 1 is 1.11 bits per heavy atom. The normalized spacial score (nSPS) is 11.0. The van der Waals surface area contributed by atoms with Crippen molar-refractivity contribution in [1.82, 2.24) is 25.1 Å².